The van der Waals surface area contributed by atoms with E-state index >= 15 is 0 Å². The molecule has 0 aromatic heterocycles. The molecule has 14 heavy (non-hydrogen) atoms. The average Bonchev–Trinajstić information content (AvgIpc) is 2.15. The van der Waals surface area contributed by atoms with Crippen molar-refractivity contribution in [2.75, 3.05) is 6.61 Å². The molecule has 3 N–H and O–H groups in total. The van der Waals surface area contributed by atoms with Gasteiger partial charge in [-0.05, 0) is 6.42 Å². The van der Waals surface area contributed by atoms with Gasteiger partial charge in [-0.2, -0.15) is 0 Å². The summed E-state index contributed by atoms with van der Waals surface area (Å²) in [6.45, 7) is 2.00. The van der Waals surface area contributed by atoms with Gasteiger partial charge in [-0.3, -0.25) is 0 Å². The molecule has 6 nitrogen and oxygen atoms in total. The number of esters is 1. The highest BCUT2D eigenvalue weighted by Gasteiger charge is 2.31. The minimum absolute atomic E-state index is 0.110. The number of aliphatic hydroxyl groups is 2. The molecular weight excluding hydrogens is 192 g/mol. The predicted molar refractivity (Wildman–Crippen MR) is 45.5 cm³/mol. The Bertz CT molecular complexity index is 202. The van der Waals surface area contributed by atoms with E-state index in [0.29, 0.717) is 6.42 Å². The lowest BCUT2D eigenvalue weighted by atomic mass is 10.2. The number of carbonyl (C=O) groups excluding carboxylic acids is 1. The SMILES string of the molecule is CCCCOC(=O)[C@@H](O)[C@H](O)C(=O)O. The van der Waals surface area contributed by atoms with Crippen molar-refractivity contribution >= 4 is 11.9 Å². The summed E-state index contributed by atoms with van der Waals surface area (Å²) in [7, 11) is 0. The van der Waals surface area contributed by atoms with Crippen molar-refractivity contribution in [2.24, 2.45) is 0 Å². The van der Waals surface area contributed by atoms with Crippen LogP contribution >= 0.6 is 0 Å². The van der Waals surface area contributed by atoms with E-state index in [1.807, 2.05) is 6.92 Å². The Hall–Kier alpha value is -1.14. The molecule has 0 radical (unpaired) electrons. The van der Waals surface area contributed by atoms with Crippen LogP contribution in [0.25, 0.3) is 0 Å². The van der Waals surface area contributed by atoms with Gasteiger partial charge in [0.05, 0.1) is 6.61 Å². The van der Waals surface area contributed by atoms with E-state index in [1.54, 1.807) is 0 Å². The normalized spacial score (nSPS) is 14.5. The first-order valence-electron chi connectivity index (χ1n) is 4.26. The number of carbonyl (C=O) groups is 2. The summed E-state index contributed by atoms with van der Waals surface area (Å²) >= 11 is 0. The van der Waals surface area contributed by atoms with Gasteiger partial charge in [0, 0.05) is 0 Å². The first-order chi connectivity index (χ1) is 6.50. The van der Waals surface area contributed by atoms with Crippen LogP contribution in [0.1, 0.15) is 19.8 Å². The highest BCUT2D eigenvalue weighted by atomic mass is 16.5. The van der Waals surface area contributed by atoms with E-state index in [4.69, 9.17) is 15.3 Å². The van der Waals surface area contributed by atoms with E-state index in [-0.39, 0.29) is 6.61 Å². The molecule has 0 fully saturated rings. The average molecular weight is 206 g/mol. The van der Waals surface area contributed by atoms with Crippen LogP contribution in [0.4, 0.5) is 0 Å². The number of aliphatic hydroxyl groups excluding tert-OH is 2. The van der Waals surface area contributed by atoms with E-state index in [2.05, 4.69) is 4.74 Å². The lowest BCUT2D eigenvalue weighted by molar-refractivity contribution is -0.169. The van der Waals surface area contributed by atoms with Crippen molar-refractivity contribution in [1.82, 2.24) is 0 Å². The highest BCUT2D eigenvalue weighted by Crippen LogP contribution is 1.98. The Balaban J connectivity index is 3.92. The molecule has 0 heterocycles. The van der Waals surface area contributed by atoms with Crippen LogP contribution in [-0.2, 0) is 14.3 Å². The molecule has 0 saturated heterocycles. The number of hydrogen-bond acceptors (Lipinski definition) is 5. The Morgan fingerprint density at radius 2 is 1.86 bits per heavy atom. The summed E-state index contributed by atoms with van der Waals surface area (Å²) in [5.74, 6) is -2.78. The lowest BCUT2D eigenvalue weighted by Gasteiger charge is -2.12. The Kier molecular flexibility index (Phi) is 5.82. The maximum absolute atomic E-state index is 10.9. The third-order valence-electron chi connectivity index (χ3n) is 1.54. The smallest absolute Gasteiger partial charge is 0.338 e. The standard InChI is InChI=1S/C8H14O6/c1-2-3-4-14-8(13)6(10)5(9)7(11)12/h5-6,9-10H,2-4H2,1H3,(H,11,12)/t5-,6-/m0/s1. The molecule has 0 amide bonds. The molecule has 0 unspecified atom stereocenters. The molecule has 0 aliphatic heterocycles. The van der Waals surface area contributed by atoms with Gasteiger partial charge in [-0.25, -0.2) is 9.59 Å². The molecule has 82 valence electrons. The molecule has 2 atom stereocenters. The number of rotatable bonds is 6. The molecule has 0 bridgehead atoms. The van der Waals surface area contributed by atoms with Crippen molar-refractivity contribution in [3.63, 3.8) is 0 Å². The highest BCUT2D eigenvalue weighted by molar-refractivity contribution is 5.84. The van der Waals surface area contributed by atoms with E-state index in [0.717, 1.165) is 6.42 Å². The van der Waals surface area contributed by atoms with E-state index < -0.39 is 24.1 Å². The molecule has 0 aromatic carbocycles. The van der Waals surface area contributed by atoms with Crippen molar-refractivity contribution in [3.05, 3.63) is 0 Å². The van der Waals surface area contributed by atoms with E-state index in [1.165, 1.54) is 0 Å². The minimum Gasteiger partial charge on any atom is -0.479 e. The third kappa shape index (κ3) is 4.20. The molecule has 0 aromatic rings. The zero-order chi connectivity index (χ0) is 11.1. The molecule has 0 rings (SSSR count). The molecular formula is C8H14O6. The Labute approximate surface area is 81.1 Å². The third-order valence-corrected chi connectivity index (χ3v) is 1.54. The van der Waals surface area contributed by atoms with Gasteiger partial charge in [0.25, 0.3) is 0 Å². The Morgan fingerprint density at radius 3 is 2.29 bits per heavy atom. The summed E-state index contributed by atoms with van der Waals surface area (Å²) in [6, 6.07) is 0. The first-order valence-corrected chi connectivity index (χ1v) is 4.26. The number of carboxylic acid groups (broad SMARTS) is 1. The number of carboxylic acids is 1. The topological polar surface area (TPSA) is 104 Å². The van der Waals surface area contributed by atoms with Crippen LogP contribution in [0.15, 0.2) is 0 Å². The van der Waals surface area contributed by atoms with Gasteiger partial charge in [0.15, 0.2) is 12.2 Å². The molecule has 0 aliphatic rings. The molecule has 0 spiro atoms. The summed E-state index contributed by atoms with van der Waals surface area (Å²) in [5, 5.41) is 26.0. The van der Waals surface area contributed by atoms with Gasteiger partial charge in [-0.15, -0.1) is 0 Å². The maximum atomic E-state index is 10.9. The summed E-state index contributed by atoms with van der Waals surface area (Å²) in [4.78, 5) is 21.0. The number of hydrogen-bond donors (Lipinski definition) is 3. The van der Waals surface area contributed by atoms with E-state index in [9.17, 15) is 9.59 Å². The van der Waals surface area contributed by atoms with Gasteiger partial charge in [-0.1, -0.05) is 13.3 Å². The fourth-order valence-corrected chi connectivity index (χ4v) is 0.666. The van der Waals surface area contributed by atoms with Crippen LogP contribution in [0.5, 0.6) is 0 Å². The molecule has 6 heteroatoms. The van der Waals surface area contributed by atoms with Gasteiger partial charge in [0.1, 0.15) is 0 Å². The minimum atomic E-state index is -2.14. The summed E-state index contributed by atoms with van der Waals surface area (Å²) in [5.41, 5.74) is 0. The van der Waals surface area contributed by atoms with Gasteiger partial charge in [0.2, 0.25) is 0 Å². The van der Waals surface area contributed by atoms with Crippen LogP contribution in [0, 0.1) is 0 Å². The maximum Gasteiger partial charge on any atom is 0.338 e. The second-order valence-corrected chi connectivity index (χ2v) is 2.75. The summed E-state index contributed by atoms with van der Waals surface area (Å²) < 4.78 is 4.50. The van der Waals surface area contributed by atoms with Crippen molar-refractivity contribution < 1.29 is 29.6 Å². The fraction of sp³-hybridized carbons (Fsp3) is 0.750. The summed E-state index contributed by atoms with van der Waals surface area (Å²) in [6.07, 6.45) is -2.72. The van der Waals surface area contributed by atoms with Crippen molar-refractivity contribution in [1.29, 1.82) is 0 Å². The zero-order valence-corrected chi connectivity index (χ0v) is 7.84. The monoisotopic (exact) mass is 206 g/mol. The second kappa shape index (κ2) is 6.33. The fourth-order valence-electron chi connectivity index (χ4n) is 0.666. The van der Waals surface area contributed by atoms with Gasteiger partial charge < -0.3 is 20.1 Å². The van der Waals surface area contributed by atoms with Gasteiger partial charge >= 0.3 is 11.9 Å². The predicted octanol–water partition coefficient (Wildman–Crippen LogP) is -0.864. The lowest BCUT2D eigenvalue weighted by Crippen LogP contribution is -2.40. The zero-order valence-electron chi connectivity index (χ0n) is 7.84. The van der Waals surface area contributed by atoms with Crippen LogP contribution < -0.4 is 0 Å². The number of aliphatic carboxylic acids is 1. The number of unbranched alkanes of at least 4 members (excludes halogenated alkanes) is 1. The molecule has 0 aliphatic carbocycles. The molecule has 0 saturated carbocycles. The second-order valence-electron chi connectivity index (χ2n) is 2.75. The van der Waals surface area contributed by atoms with Crippen molar-refractivity contribution in [3.8, 4) is 0 Å². The quantitative estimate of drug-likeness (QED) is 0.385. The van der Waals surface area contributed by atoms with Crippen LogP contribution in [0.3, 0.4) is 0 Å². The largest absolute Gasteiger partial charge is 0.479 e. The van der Waals surface area contributed by atoms with Crippen LogP contribution in [0.2, 0.25) is 0 Å². The Morgan fingerprint density at radius 1 is 1.29 bits per heavy atom. The number of ether oxygens (including phenoxy) is 1. The first kappa shape index (κ1) is 12.9. The van der Waals surface area contributed by atoms with Crippen LogP contribution in [-0.4, -0.2) is 46.1 Å². The van der Waals surface area contributed by atoms with Crippen molar-refractivity contribution in [2.45, 2.75) is 32.0 Å².